The van der Waals surface area contributed by atoms with E-state index in [-0.39, 0.29) is 11.7 Å². The zero-order valence-corrected chi connectivity index (χ0v) is 14.9. The number of carbonyl (C=O) groups excluding carboxylic acids is 1. The minimum atomic E-state index is -0.231. The Hall–Kier alpha value is -0.940. The number of halogens is 2. The fraction of sp³-hybridized carbons (Fsp3) is 0.611. The van der Waals surface area contributed by atoms with E-state index in [9.17, 15) is 9.18 Å². The smallest absolute Gasteiger partial charge is 0.223 e. The van der Waals surface area contributed by atoms with Crippen molar-refractivity contribution in [1.29, 1.82) is 0 Å². The van der Waals surface area contributed by atoms with Gasteiger partial charge in [0, 0.05) is 29.0 Å². The summed E-state index contributed by atoms with van der Waals surface area (Å²) in [7, 11) is 0. The maximum absolute atomic E-state index is 14.0. The van der Waals surface area contributed by atoms with E-state index in [1.54, 1.807) is 12.1 Å². The standard InChI is InChI=1S/C18H24BrFN2O/c19-15-2-5-17(20)14(11-15)12-22(16-3-4-16)18(23)6-1-13-7-9-21-10-8-13/h2,5,11,13,16,21H,1,3-4,6-10,12H2. The molecule has 0 atom stereocenters. The van der Waals surface area contributed by atoms with Gasteiger partial charge in [-0.25, -0.2) is 4.39 Å². The predicted molar refractivity (Wildman–Crippen MR) is 92.5 cm³/mol. The van der Waals surface area contributed by atoms with E-state index in [0.717, 1.165) is 49.7 Å². The van der Waals surface area contributed by atoms with E-state index in [0.29, 0.717) is 30.5 Å². The van der Waals surface area contributed by atoms with Gasteiger partial charge in [-0.05, 0) is 69.3 Å². The molecule has 3 rings (SSSR count). The van der Waals surface area contributed by atoms with Gasteiger partial charge in [-0.1, -0.05) is 15.9 Å². The van der Waals surface area contributed by atoms with Crippen LogP contribution < -0.4 is 5.32 Å². The Morgan fingerprint density at radius 3 is 2.70 bits per heavy atom. The van der Waals surface area contributed by atoms with Gasteiger partial charge in [0.05, 0.1) is 0 Å². The first kappa shape index (κ1) is 16.9. The van der Waals surface area contributed by atoms with Gasteiger partial charge in [0.15, 0.2) is 0 Å². The first-order valence-corrected chi connectivity index (χ1v) is 9.37. The van der Waals surface area contributed by atoms with E-state index in [2.05, 4.69) is 21.2 Å². The van der Waals surface area contributed by atoms with Crippen molar-refractivity contribution >= 4 is 21.8 Å². The lowest BCUT2D eigenvalue weighted by Gasteiger charge is -2.26. The molecule has 2 fully saturated rings. The predicted octanol–water partition coefficient (Wildman–Crippen LogP) is 3.86. The molecule has 1 saturated heterocycles. The third-order valence-electron chi connectivity index (χ3n) is 4.88. The molecule has 126 valence electrons. The van der Waals surface area contributed by atoms with Crippen LogP contribution in [0, 0.1) is 11.7 Å². The monoisotopic (exact) mass is 382 g/mol. The summed E-state index contributed by atoms with van der Waals surface area (Å²) < 4.78 is 14.8. The Balaban J connectivity index is 1.59. The zero-order chi connectivity index (χ0) is 16.2. The van der Waals surface area contributed by atoms with E-state index >= 15 is 0 Å². The molecule has 0 bridgehead atoms. The van der Waals surface area contributed by atoms with Gasteiger partial charge in [0.1, 0.15) is 5.82 Å². The molecule has 5 heteroatoms. The molecule has 1 aromatic carbocycles. The van der Waals surface area contributed by atoms with E-state index < -0.39 is 0 Å². The second-order valence-corrected chi connectivity index (χ2v) is 7.64. The molecule has 2 aliphatic rings. The summed E-state index contributed by atoms with van der Waals surface area (Å²) in [5.74, 6) is 0.610. The Kier molecular flexibility index (Phi) is 5.70. The Bertz CT molecular complexity index is 556. The number of amides is 1. The lowest BCUT2D eigenvalue weighted by atomic mass is 9.93. The number of hydrogen-bond donors (Lipinski definition) is 1. The largest absolute Gasteiger partial charge is 0.335 e. The molecule has 1 N–H and O–H groups in total. The number of nitrogens with zero attached hydrogens (tertiary/aromatic N) is 1. The molecule has 0 aromatic heterocycles. The summed E-state index contributed by atoms with van der Waals surface area (Å²) >= 11 is 3.38. The number of rotatable bonds is 6. The highest BCUT2D eigenvalue weighted by atomic mass is 79.9. The lowest BCUT2D eigenvalue weighted by Crippen LogP contribution is -2.34. The van der Waals surface area contributed by atoms with Crippen LogP contribution in [0.1, 0.15) is 44.1 Å². The summed E-state index contributed by atoms with van der Waals surface area (Å²) in [5, 5.41) is 3.36. The quantitative estimate of drug-likeness (QED) is 0.809. The van der Waals surface area contributed by atoms with Gasteiger partial charge in [-0.3, -0.25) is 4.79 Å². The zero-order valence-electron chi connectivity index (χ0n) is 13.4. The van der Waals surface area contributed by atoms with Crippen LogP contribution in [0.15, 0.2) is 22.7 Å². The summed E-state index contributed by atoms with van der Waals surface area (Å²) in [6, 6.07) is 5.25. The molecule has 0 unspecified atom stereocenters. The maximum atomic E-state index is 14.0. The molecule has 1 saturated carbocycles. The fourth-order valence-electron chi connectivity index (χ4n) is 3.30. The highest BCUT2D eigenvalue weighted by Gasteiger charge is 2.33. The van der Waals surface area contributed by atoms with Crippen LogP contribution in [0.25, 0.3) is 0 Å². The second-order valence-electron chi connectivity index (χ2n) is 6.72. The average molecular weight is 383 g/mol. The van der Waals surface area contributed by atoms with Crippen LogP contribution in [0.4, 0.5) is 4.39 Å². The van der Waals surface area contributed by atoms with Crippen molar-refractivity contribution in [2.75, 3.05) is 13.1 Å². The number of carbonyl (C=O) groups is 1. The van der Waals surface area contributed by atoms with Crippen molar-refractivity contribution in [3.63, 3.8) is 0 Å². The number of nitrogens with one attached hydrogen (secondary N) is 1. The topological polar surface area (TPSA) is 32.3 Å². The van der Waals surface area contributed by atoms with E-state index in [4.69, 9.17) is 0 Å². The summed E-state index contributed by atoms with van der Waals surface area (Å²) in [6.45, 7) is 2.52. The molecule has 1 aliphatic carbocycles. The molecule has 1 heterocycles. The van der Waals surface area contributed by atoms with Crippen molar-refractivity contribution in [2.24, 2.45) is 5.92 Å². The maximum Gasteiger partial charge on any atom is 0.223 e. The minimum Gasteiger partial charge on any atom is -0.335 e. The van der Waals surface area contributed by atoms with Crippen molar-refractivity contribution in [3.8, 4) is 0 Å². The molecule has 23 heavy (non-hydrogen) atoms. The number of piperidine rings is 1. The van der Waals surface area contributed by atoms with E-state index in [1.165, 1.54) is 6.07 Å². The fourth-order valence-corrected chi connectivity index (χ4v) is 3.71. The van der Waals surface area contributed by atoms with Gasteiger partial charge >= 0.3 is 0 Å². The Morgan fingerprint density at radius 1 is 1.26 bits per heavy atom. The highest BCUT2D eigenvalue weighted by molar-refractivity contribution is 9.10. The van der Waals surface area contributed by atoms with Crippen molar-refractivity contribution in [1.82, 2.24) is 10.2 Å². The SMILES string of the molecule is O=C(CCC1CCNCC1)N(Cc1cc(Br)ccc1F)C1CC1. The van der Waals surface area contributed by atoms with Gasteiger partial charge in [0.2, 0.25) is 5.91 Å². The molecule has 0 radical (unpaired) electrons. The van der Waals surface area contributed by atoms with Crippen LogP contribution in [0.3, 0.4) is 0 Å². The molecule has 3 nitrogen and oxygen atoms in total. The number of benzene rings is 1. The average Bonchev–Trinajstić information content (AvgIpc) is 3.39. The van der Waals surface area contributed by atoms with Crippen LogP contribution in [-0.2, 0) is 11.3 Å². The van der Waals surface area contributed by atoms with Gasteiger partial charge < -0.3 is 10.2 Å². The first-order chi connectivity index (χ1) is 11.1. The van der Waals surface area contributed by atoms with Crippen molar-refractivity contribution < 1.29 is 9.18 Å². The van der Waals surface area contributed by atoms with Crippen LogP contribution in [0.2, 0.25) is 0 Å². The van der Waals surface area contributed by atoms with Crippen molar-refractivity contribution in [2.45, 2.75) is 51.1 Å². The lowest BCUT2D eigenvalue weighted by molar-refractivity contribution is -0.132. The van der Waals surface area contributed by atoms with Gasteiger partial charge in [-0.15, -0.1) is 0 Å². The third kappa shape index (κ3) is 4.77. The van der Waals surface area contributed by atoms with Crippen LogP contribution in [0.5, 0.6) is 0 Å². The minimum absolute atomic E-state index is 0.186. The van der Waals surface area contributed by atoms with Crippen LogP contribution >= 0.6 is 15.9 Å². The first-order valence-electron chi connectivity index (χ1n) is 8.57. The van der Waals surface area contributed by atoms with Gasteiger partial charge in [-0.2, -0.15) is 0 Å². The van der Waals surface area contributed by atoms with Crippen LogP contribution in [-0.4, -0.2) is 29.9 Å². The Labute approximate surface area is 145 Å². The molecular formula is C18H24BrFN2O. The summed E-state index contributed by atoms with van der Waals surface area (Å²) in [6.07, 6.45) is 5.98. The molecular weight excluding hydrogens is 359 g/mol. The third-order valence-corrected chi connectivity index (χ3v) is 5.37. The summed E-state index contributed by atoms with van der Waals surface area (Å²) in [5.41, 5.74) is 0.599. The Morgan fingerprint density at radius 2 is 2.00 bits per heavy atom. The molecule has 1 aromatic rings. The second kappa shape index (κ2) is 7.75. The molecule has 1 amide bonds. The van der Waals surface area contributed by atoms with Crippen molar-refractivity contribution in [3.05, 3.63) is 34.1 Å². The molecule has 0 spiro atoms. The van der Waals surface area contributed by atoms with E-state index in [1.807, 2.05) is 4.90 Å². The van der Waals surface area contributed by atoms with Gasteiger partial charge in [0.25, 0.3) is 0 Å². The summed E-state index contributed by atoms with van der Waals surface area (Å²) in [4.78, 5) is 14.5. The normalized spacial score (nSPS) is 18.9. The highest BCUT2D eigenvalue weighted by Crippen LogP contribution is 2.31. The number of hydrogen-bond acceptors (Lipinski definition) is 2. The molecule has 1 aliphatic heterocycles.